The fraction of sp³-hybridized carbons (Fsp3) is 0.368. The van der Waals surface area contributed by atoms with Crippen molar-refractivity contribution in [2.24, 2.45) is 0 Å². The standard InChI is InChI=1S/C19H22F2N2O2S.BrH/c1-2-26(24,25)23-19-16(20)12-22-17(19)11-14-9-6-10-15(18(14)21)13-7-4-3-5-8-13;/h3-10,16-17,19,22-23H,2,11-12H2,1H3;1H/t16-,17-,19-;/m0./s1. The van der Waals surface area contributed by atoms with E-state index in [9.17, 15) is 17.2 Å². The van der Waals surface area contributed by atoms with Crippen LogP contribution in [-0.2, 0) is 16.4 Å². The maximum absolute atomic E-state index is 15.0. The molecule has 4 nitrogen and oxygen atoms in total. The van der Waals surface area contributed by atoms with Gasteiger partial charge in [-0.15, -0.1) is 17.0 Å². The quantitative estimate of drug-likeness (QED) is 0.695. The highest BCUT2D eigenvalue weighted by Gasteiger charge is 2.38. The topological polar surface area (TPSA) is 58.2 Å². The highest BCUT2D eigenvalue weighted by atomic mass is 79.9. The van der Waals surface area contributed by atoms with E-state index in [1.165, 1.54) is 6.92 Å². The summed E-state index contributed by atoms with van der Waals surface area (Å²) in [7, 11) is -3.55. The molecule has 27 heavy (non-hydrogen) atoms. The number of hydrogen-bond acceptors (Lipinski definition) is 3. The average molecular weight is 461 g/mol. The van der Waals surface area contributed by atoms with Crippen molar-refractivity contribution in [3.05, 3.63) is 59.9 Å². The second kappa shape index (κ2) is 9.23. The van der Waals surface area contributed by atoms with Crippen LogP contribution in [0.2, 0.25) is 0 Å². The molecule has 2 aromatic rings. The molecule has 0 spiro atoms. The van der Waals surface area contributed by atoms with E-state index in [4.69, 9.17) is 0 Å². The Balaban J connectivity index is 0.00000261. The fourth-order valence-electron chi connectivity index (χ4n) is 3.23. The summed E-state index contributed by atoms with van der Waals surface area (Å²) >= 11 is 0. The fourth-order valence-corrected chi connectivity index (χ4v) is 4.12. The zero-order chi connectivity index (χ0) is 18.7. The summed E-state index contributed by atoms with van der Waals surface area (Å²) in [5, 5.41) is 2.97. The van der Waals surface area contributed by atoms with Gasteiger partial charge in [0, 0.05) is 18.2 Å². The summed E-state index contributed by atoms with van der Waals surface area (Å²) in [4.78, 5) is 0. The molecule has 0 amide bonds. The van der Waals surface area contributed by atoms with Crippen LogP contribution >= 0.6 is 17.0 Å². The Morgan fingerprint density at radius 1 is 1.15 bits per heavy atom. The molecule has 0 aromatic heterocycles. The number of rotatable bonds is 6. The van der Waals surface area contributed by atoms with Crippen LogP contribution in [-0.4, -0.2) is 39.0 Å². The first kappa shape index (κ1) is 21.9. The number of benzene rings is 2. The molecule has 148 valence electrons. The van der Waals surface area contributed by atoms with Gasteiger partial charge in [0.2, 0.25) is 10.0 Å². The Morgan fingerprint density at radius 2 is 1.85 bits per heavy atom. The van der Waals surface area contributed by atoms with Gasteiger partial charge in [-0.3, -0.25) is 0 Å². The Hall–Kier alpha value is -1.35. The maximum Gasteiger partial charge on any atom is 0.211 e. The van der Waals surface area contributed by atoms with Gasteiger partial charge in [-0.1, -0.05) is 48.5 Å². The van der Waals surface area contributed by atoms with E-state index in [-0.39, 0.29) is 41.5 Å². The molecule has 0 aliphatic carbocycles. The first-order chi connectivity index (χ1) is 12.4. The molecule has 2 aromatic carbocycles. The lowest BCUT2D eigenvalue weighted by Gasteiger charge is -2.22. The van der Waals surface area contributed by atoms with Crippen LogP contribution in [0.3, 0.4) is 0 Å². The van der Waals surface area contributed by atoms with Crippen molar-refractivity contribution in [2.75, 3.05) is 12.3 Å². The van der Waals surface area contributed by atoms with Crippen molar-refractivity contribution in [3.63, 3.8) is 0 Å². The third-order valence-corrected chi connectivity index (χ3v) is 6.09. The van der Waals surface area contributed by atoms with E-state index < -0.39 is 28.3 Å². The summed E-state index contributed by atoms with van der Waals surface area (Å²) in [6.45, 7) is 1.54. The number of nitrogens with one attached hydrogen (secondary N) is 2. The summed E-state index contributed by atoms with van der Waals surface area (Å²) in [5.74, 6) is -0.485. The highest BCUT2D eigenvalue weighted by Crippen LogP contribution is 2.27. The molecule has 2 N–H and O–H groups in total. The Morgan fingerprint density at radius 3 is 2.52 bits per heavy atom. The Labute approximate surface area is 169 Å². The second-order valence-electron chi connectivity index (χ2n) is 6.43. The molecule has 0 unspecified atom stereocenters. The molecule has 1 heterocycles. The van der Waals surface area contributed by atoms with Gasteiger partial charge in [0.15, 0.2) is 0 Å². The molecule has 1 aliphatic heterocycles. The molecule has 0 bridgehead atoms. The van der Waals surface area contributed by atoms with Crippen molar-refractivity contribution in [3.8, 4) is 11.1 Å². The van der Waals surface area contributed by atoms with Crippen LogP contribution < -0.4 is 10.0 Å². The van der Waals surface area contributed by atoms with Crippen molar-refractivity contribution in [1.82, 2.24) is 10.0 Å². The summed E-state index contributed by atoms with van der Waals surface area (Å²) in [5.41, 5.74) is 1.67. The molecule has 3 atom stereocenters. The van der Waals surface area contributed by atoms with E-state index in [0.29, 0.717) is 11.1 Å². The van der Waals surface area contributed by atoms with Crippen molar-refractivity contribution < 1.29 is 17.2 Å². The molecular weight excluding hydrogens is 438 g/mol. The van der Waals surface area contributed by atoms with Crippen molar-refractivity contribution in [1.29, 1.82) is 0 Å². The van der Waals surface area contributed by atoms with Crippen LogP contribution in [0.4, 0.5) is 8.78 Å². The molecule has 1 aliphatic rings. The van der Waals surface area contributed by atoms with Crippen LogP contribution in [0.1, 0.15) is 12.5 Å². The number of sulfonamides is 1. The van der Waals surface area contributed by atoms with E-state index >= 15 is 0 Å². The number of halogens is 3. The van der Waals surface area contributed by atoms with Gasteiger partial charge in [-0.05, 0) is 24.5 Å². The normalized spacial score (nSPS) is 22.4. The first-order valence-corrected chi connectivity index (χ1v) is 10.3. The monoisotopic (exact) mass is 460 g/mol. The summed E-state index contributed by atoms with van der Waals surface area (Å²) < 4.78 is 55.2. The average Bonchev–Trinajstić information content (AvgIpc) is 2.97. The van der Waals surface area contributed by atoms with E-state index in [1.54, 1.807) is 18.2 Å². The van der Waals surface area contributed by atoms with Gasteiger partial charge in [-0.2, -0.15) is 0 Å². The SMILES string of the molecule is Br.CCS(=O)(=O)N[C@@H]1[C@H](Cc2cccc(-c3ccccc3)c2F)NC[C@@H]1F. The lowest BCUT2D eigenvalue weighted by Crippen LogP contribution is -2.48. The predicted molar refractivity (Wildman–Crippen MR) is 109 cm³/mol. The molecule has 3 rings (SSSR count). The molecular formula is C19H23BrF2N2O2S. The van der Waals surface area contributed by atoms with Gasteiger partial charge < -0.3 is 5.32 Å². The lowest BCUT2D eigenvalue weighted by atomic mass is 9.96. The summed E-state index contributed by atoms with van der Waals surface area (Å²) in [6.07, 6.45) is -1.15. The third kappa shape index (κ3) is 5.13. The van der Waals surface area contributed by atoms with Gasteiger partial charge >= 0.3 is 0 Å². The number of alkyl halides is 1. The molecule has 0 radical (unpaired) electrons. The van der Waals surface area contributed by atoms with Gasteiger partial charge in [0.05, 0.1) is 11.8 Å². The first-order valence-electron chi connectivity index (χ1n) is 8.61. The zero-order valence-electron chi connectivity index (χ0n) is 14.9. The maximum atomic E-state index is 15.0. The second-order valence-corrected chi connectivity index (χ2v) is 8.47. The number of hydrogen-bond donors (Lipinski definition) is 2. The largest absolute Gasteiger partial charge is 0.309 e. The molecule has 1 fully saturated rings. The van der Waals surface area contributed by atoms with Gasteiger partial charge in [0.25, 0.3) is 0 Å². The molecule has 8 heteroatoms. The van der Waals surface area contributed by atoms with Crippen LogP contribution in [0.25, 0.3) is 11.1 Å². The minimum Gasteiger partial charge on any atom is -0.309 e. The summed E-state index contributed by atoms with van der Waals surface area (Å²) in [6, 6.07) is 12.9. The van der Waals surface area contributed by atoms with Crippen molar-refractivity contribution >= 4 is 27.0 Å². The van der Waals surface area contributed by atoms with Crippen LogP contribution in [0.5, 0.6) is 0 Å². The smallest absolute Gasteiger partial charge is 0.211 e. The van der Waals surface area contributed by atoms with E-state index in [1.807, 2.05) is 30.3 Å². The van der Waals surface area contributed by atoms with Gasteiger partial charge in [-0.25, -0.2) is 21.9 Å². The lowest BCUT2D eigenvalue weighted by molar-refractivity contribution is 0.304. The van der Waals surface area contributed by atoms with Crippen LogP contribution in [0, 0.1) is 5.82 Å². The predicted octanol–water partition coefficient (Wildman–Crippen LogP) is 3.23. The zero-order valence-corrected chi connectivity index (χ0v) is 17.4. The Bertz CT molecular complexity index is 865. The van der Waals surface area contributed by atoms with E-state index in [0.717, 1.165) is 5.56 Å². The van der Waals surface area contributed by atoms with Gasteiger partial charge in [0.1, 0.15) is 12.0 Å². The minimum atomic E-state index is -3.55. The van der Waals surface area contributed by atoms with E-state index in [2.05, 4.69) is 10.0 Å². The Kier molecular flexibility index (Phi) is 7.50. The van der Waals surface area contributed by atoms with Crippen LogP contribution in [0.15, 0.2) is 48.5 Å². The third-order valence-electron chi connectivity index (χ3n) is 4.70. The molecule has 1 saturated heterocycles. The highest BCUT2D eigenvalue weighted by molar-refractivity contribution is 8.93. The molecule has 0 saturated carbocycles. The minimum absolute atomic E-state index is 0. The van der Waals surface area contributed by atoms with Crippen molar-refractivity contribution in [2.45, 2.75) is 31.6 Å².